The molecule has 0 radical (unpaired) electrons. The summed E-state index contributed by atoms with van der Waals surface area (Å²) in [5, 5.41) is 11.1. The second kappa shape index (κ2) is 8.20. The number of anilines is 1. The number of ketones is 1. The fraction of sp³-hybridized carbons (Fsp3) is 0.167. The first kappa shape index (κ1) is 20.0. The Labute approximate surface area is 179 Å². The average molecular weight is 422 g/mol. The number of nitrogens with zero attached hydrogens (tertiary/aromatic N) is 1. The van der Waals surface area contributed by atoms with Gasteiger partial charge in [-0.25, -0.2) is 0 Å². The molecule has 0 saturated heterocycles. The van der Waals surface area contributed by atoms with Crippen molar-refractivity contribution in [3.05, 3.63) is 100 Å². The van der Waals surface area contributed by atoms with Crippen LogP contribution in [0.1, 0.15) is 29.3 Å². The van der Waals surface area contributed by atoms with E-state index in [1.54, 1.807) is 30.3 Å². The van der Waals surface area contributed by atoms with Gasteiger partial charge < -0.3 is 9.52 Å². The zero-order chi connectivity index (χ0) is 21.3. The van der Waals surface area contributed by atoms with Crippen LogP contribution in [0.3, 0.4) is 0 Å². The van der Waals surface area contributed by atoms with Crippen molar-refractivity contribution in [3.63, 3.8) is 0 Å². The van der Waals surface area contributed by atoms with Crippen molar-refractivity contribution in [1.82, 2.24) is 0 Å². The minimum Gasteiger partial charge on any atom is -0.503 e. The smallest absolute Gasteiger partial charge is 0.294 e. The van der Waals surface area contributed by atoms with Crippen molar-refractivity contribution < 1.29 is 19.1 Å². The van der Waals surface area contributed by atoms with Gasteiger partial charge in [0, 0.05) is 17.1 Å². The zero-order valence-electron chi connectivity index (χ0n) is 16.3. The lowest BCUT2D eigenvalue weighted by Gasteiger charge is -2.25. The van der Waals surface area contributed by atoms with E-state index >= 15 is 0 Å². The largest absolute Gasteiger partial charge is 0.503 e. The summed E-state index contributed by atoms with van der Waals surface area (Å²) in [4.78, 5) is 27.4. The molecule has 30 heavy (non-hydrogen) atoms. The minimum atomic E-state index is -0.852. The Morgan fingerprint density at radius 1 is 1.13 bits per heavy atom. The fourth-order valence-electron chi connectivity index (χ4n) is 3.64. The number of carbonyl (C=O) groups excluding carboxylic acids is 2. The second-order valence-corrected chi connectivity index (χ2v) is 7.60. The van der Waals surface area contributed by atoms with E-state index in [2.05, 4.69) is 0 Å². The number of carbonyl (C=O) groups is 2. The normalized spacial score (nSPS) is 16.4. The average Bonchev–Trinajstić information content (AvgIpc) is 3.36. The van der Waals surface area contributed by atoms with E-state index in [-0.39, 0.29) is 17.8 Å². The standard InChI is InChI=1S/C24H20ClNO4/c1-15-9-11-17(14-18(15)25)26-22(20-8-5-13-30-20)21(23(28)24(26)29)19(27)12-10-16-6-3-2-4-7-16/h2-9,11,13-14,22,28H,10,12H2,1H3. The van der Waals surface area contributed by atoms with Crippen LogP contribution in [0.4, 0.5) is 5.69 Å². The lowest BCUT2D eigenvalue weighted by Crippen LogP contribution is -2.30. The Kier molecular flexibility index (Phi) is 5.46. The Bertz CT molecular complexity index is 1120. The highest BCUT2D eigenvalue weighted by Gasteiger charge is 2.45. The number of hydrogen-bond acceptors (Lipinski definition) is 4. The molecule has 0 saturated carbocycles. The van der Waals surface area contributed by atoms with Crippen molar-refractivity contribution in [2.24, 2.45) is 0 Å². The van der Waals surface area contributed by atoms with Gasteiger partial charge in [-0.3, -0.25) is 14.5 Å². The van der Waals surface area contributed by atoms with Crippen molar-refractivity contribution in [1.29, 1.82) is 0 Å². The number of amides is 1. The molecule has 1 amide bonds. The number of rotatable bonds is 6. The second-order valence-electron chi connectivity index (χ2n) is 7.20. The van der Waals surface area contributed by atoms with E-state index in [1.165, 1.54) is 11.2 Å². The van der Waals surface area contributed by atoms with Crippen LogP contribution in [0.15, 0.2) is 82.7 Å². The van der Waals surface area contributed by atoms with Crippen LogP contribution in [0.25, 0.3) is 0 Å². The molecule has 0 bridgehead atoms. The minimum absolute atomic E-state index is 0.0441. The summed E-state index contributed by atoms with van der Waals surface area (Å²) in [7, 11) is 0. The van der Waals surface area contributed by atoms with Crippen LogP contribution < -0.4 is 4.90 Å². The van der Waals surface area contributed by atoms with Crippen molar-refractivity contribution in [2.75, 3.05) is 4.90 Å². The maximum Gasteiger partial charge on any atom is 0.294 e. The number of aryl methyl sites for hydroxylation is 2. The van der Waals surface area contributed by atoms with Crippen LogP contribution in [0.5, 0.6) is 0 Å². The van der Waals surface area contributed by atoms with Crippen molar-refractivity contribution >= 4 is 29.0 Å². The number of aliphatic hydroxyl groups excluding tert-OH is 1. The van der Waals surface area contributed by atoms with Gasteiger partial charge in [0.15, 0.2) is 11.5 Å². The van der Waals surface area contributed by atoms with E-state index < -0.39 is 17.7 Å². The lowest BCUT2D eigenvalue weighted by molar-refractivity contribution is -0.118. The molecule has 1 aliphatic rings. The molecular formula is C24H20ClNO4. The third kappa shape index (κ3) is 3.64. The summed E-state index contributed by atoms with van der Waals surface area (Å²) in [6.45, 7) is 1.86. The predicted octanol–water partition coefficient (Wildman–Crippen LogP) is 5.34. The topological polar surface area (TPSA) is 70.8 Å². The van der Waals surface area contributed by atoms with Crippen molar-refractivity contribution in [2.45, 2.75) is 25.8 Å². The third-order valence-electron chi connectivity index (χ3n) is 5.24. The van der Waals surface area contributed by atoms with E-state index in [4.69, 9.17) is 16.0 Å². The van der Waals surface area contributed by atoms with E-state index in [9.17, 15) is 14.7 Å². The number of hydrogen-bond donors (Lipinski definition) is 1. The van der Waals surface area contributed by atoms with Gasteiger partial charge in [-0.2, -0.15) is 0 Å². The van der Waals surface area contributed by atoms with Gasteiger partial charge in [0.2, 0.25) is 0 Å². The molecule has 4 rings (SSSR count). The van der Waals surface area contributed by atoms with Gasteiger partial charge >= 0.3 is 0 Å². The maximum atomic E-state index is 13.1. The summed E-state index contributed by atoms with van der Waals surface area (Å²) >= 11 is 6.26. The van der Waals surface area contributed by atoms with E-state index in [1.807, 2.05) is 37.3 Å². The summed E-state index contributed by atoms with van der Waals surface area (Å²) in [6.07, 6.45) is 2.14. The lowest BCUT2D eigenvalue weighted by atomic mass is 9.96. The summed E-state index contributed by atoms with van der Waals surface area (Å²) in [5.41, 5.74) is 2.39. The van der Waals surface area contributed by atoms with Gasteiger partial charge in [0.1, 0.15) is 11.8 Å². The van der Waals surface area contributed by atoms with E-state index in [0.717, 1.165) is 11.1 Å². The number of halogens is 1. The molecule has 6 heteroatoms. The SMILES string of the molecule is Cc1ccc(N2C(=O)C(O)=C(C(=O)CCc3ccccc3)C2c2ccco2)cc1Cl. The molecular weight excluding hydrogens is 402 g/mol. The number of benzene rings is 2. The highest BCUT2D eigenvalue weighted by Crippen LogP contribution is 2.42. The van der Waals surface area contributed by atoms with Crippen LogP contribution in [0, 0.1) is 6.92 Å². The first-order chi connectivity index (χ1) is 14.5. The van der Waals surface area contributed by atoms with Crippen LogP contribution >= 0.6 is 11.6 Å². The molecule has 0 aliphatic carbocycles. The zero-order valence-corrected chi connectivity index (χ0v) is 17.1. The van der Waals surface area contributed by atoms with Crippen LogP contribution in [-0.2, 0) is 16.0 Å². The summed E-state index contributed by atoms with van der Waals surface area (Å²) < 4.78 is 5.54. The number of aliphatic hydroxyl groups is 1. The Balaban J connectivity index is 1.70. The summed E-state index contributed by atoms with van der Waals surface area (Å²) in [5.74, 6) is -1.11. The van der Waals surface area contributed by atoms with Crippen LogP contribution in [-0.4, -0.2) is 16.8 Å². The summed E-state index contributed by atoms with van der Waals surface area (Å²) in [6, 6.07) is 17.3. The molecule has 1 aliphatic heterocycles. The van der Waals surface area contributed by atoms with Gasteiger partial charge in [-0.1, -0.05) is 48.0 Å². The highest BCUT2D eigenvalue weighted by atomic mass is 35.5. The first-order valence-electron chi connectivity index (χ1n) is 9.60. The fourth-order valence-corrected chi connectivity index (χ4v) is 3.82. The Morgan fingerprint density at radius 2 is 1.90 bits per heavy atom. The predicted molar refractivity (Wildman–Crippen MR) is 115 cm³/mol. The molecule has 2 aromatic carbocycles. The molecule has 5 nitrogen and oxygen atoms in total. The van der Waals surface area contributed by atoms with Crippen molar-refractivity contribution in [3.8, 4) is 0 Å². The molecule has 1 atom stereocenters. The highest BCUT2D eigenvalue weighted by molar-refractivity contribution is 6.31. The Morgan fingerprint density at radius 3 is 2.57 bits per heavy atom. The molecule has 152 valence electrons. The monoisotopic (exact) mass is 421 g/mol. The van der Waals surface area contributed by atoms with Gasteiger partial charge in [-0.15, -0.1) is 0 Å². The van der Waals surface area contributed by atoms with Gasteiger partial charge in [-0.05, 0) is 48.7 Å². The molecule has 3 aromatic rings. The molecule has 0 spiro atoms. The quantitative estimate of drug-likeness (QED) is 0.582. The number of Topliss-reactive ketones (excluding diaryl/α,β-unsaturated/α-hetero) is 1. The molecule has 1 aromatic heterocycles. The molecule has 2 heterocycles. The molecule has 1 unspecified atom stereocenters. The van der Waals surface area contributed by atoms with Crippen LogP contribution in [0.2, 0.25) is 5.02 Å². The van der Waals surface area contributed by atoms with Gasteiger partial charge in [0.25, 0.3) is 5.91 Å². The molecule has 0 fully saturated rings. The third-order valence-corrected chi connectivity index (χ3v) is 5.65. The first-order valence-corrected chi connectivity index (χ1v) is 9.98. The molecule has 1 N–H and O–H groups in total. The maximum absolute atomic E-state index is 13.1. The Hall–Kier alpha value is -3.31. The number of furan rings is 1. The van der Waals surface area contributed by atoms with Gasteiger partial charge in [0.05, 0.1) is 11.8 Å². The van der Waals surface area contributed by atoms with E-state index in [0.29, 0.717) is 22.9 Å².